The van der Waals surface area contributed by atoms with Gasteiger partial charge < -0.3 is 4.74 Å². The highest BCUT2D eigenvalue weighted by Crippen LogP contribution is 2.15. The van der Waals surface area contributed by atoms with Crippen LogP contribution in [0.2, 0.25) is 0 Å². The molecule has 1 heterocycles. The van der Waals surface area contributed by atoms with Gasteiger partial charge in [-0.25, -0.2) is 4.39 Å². The fraction of sp³-hybridized carbons (Fsp3) is 0.250. The van der Waals surface area contributed by atoms with E-state index in [-0.39, 0.29) is 5.82 Å². The molecule has 0 radical (unpaired) electrons. The summed E-state index contributed by atoms with van der Waals surface area (Å²) >= 11 is 0. The summed E-state index contributed by atoms with van der Waals surface area (Å²) in [7, 11) is 1.68. The molecule has 3 nitrogen and oxygen atoms in total. The predicted octanol–water partition coefficient (Wildman–Crippen LogP) is 4.02. The molecule has 0 saturated heterocycles. The molecule has 0 aliphatic heterocycles. The summed E-state index contributed by atoms with van der Waals surface area (Å²) in [5, 5.41) is 1.12. The van der Waals surface area contributed by atoms with Crippen LogP contribution >= 0.6 is 0 Å². The molecule has 3 aromatic rings. The quantitative estimate of drug-likeness (QED) is 0.656. The number of rotatable bonds is 7. The van der Waals surface area contributed by atoms with Crippen molar-refractivity contribution in [3.05, 3.63) is 77.7 Å². The van der Waals surface area contributed by atoms with Crippen molar-refractivity contribution < 1.29 is 9.13 Å². The van der Waals surface area contributed by atoms with Crippen LogP contribution in [0.15, 0.2) is 60.7 Å². The Morgan fingerprint density at radius 1 is 0.958 bits per heavy atom. The second-order valence-corrected chi connectivity index (χ2v) is 5.79. The van der Waals surface area contributed by atoms with Gasteiger partial charge in [-0.2, -0.15) is 0 Å². The maximum atomic E-state index is 13.9. The van der Waals surface area contributed by atoms with Gasteiger partial charge in [0, 0.05) is 37.7 Å². The van der Waals surface area contributed by atoms with E-state index in [1.54, 1.807) is 13.2 Å². The summed E-state index contributed by atoms with van der Waals surface area (Å²) in [5.41, 5.74) is 2.64. The minimum absolute atomic E-state index is 0.175. The summed E-state index contributed by atoms with van der Waals surface area (Å²) in [6.45, 7) is 2.51. The number of ether oxygens (including phenoxy) is 1. The van der Waals surface area contributed by atoms with Gasteiger partial charge in [-0.15, -0.1) is 0 Å². The molecule has 0 aliphatic carbocycles. The van der Waals surface area contributed by atoms with Crippen molar-refractivity contribution in [2.24, 2.45) is 0 Å². The number of nitrogens with zero attached hydrogens (tertiary/aromatic N) is 2. The largest absolute Gasteiger partial charge is 0.383 e. The number of pyridine rings is 1. The van der Waals surface area contributed by atoms with E-state index >= 15 is 0 Å². The number of fused-ring (bicyclic) bond motifs is 1. The minimum Gasteiger partial charge on any atom is -0.383 e. The zero-order valence-corrected chi connectivity index (χ0v) is 13.8. The van der Waals surface area contributed by atoms with E-state index in [2.05, 4.69) is 11.0 Å². The number of hydrogen-bond donors (Lipinski definition) is 0. The number of halogens is 1. The summed E-state index contributed by atoms with van der Waals surface area (Å²) < 4.78 is 19.1. The molecule has 0 bridgehead atoms. The van der Waals surface area contributed by atoms with Crippen molar-refractivity contribution in [3.8, 4) is 0 Å². The Balaban J connectivity index is 1.78. The third kappa shape index (κ3) is 4.16. The Labute approximate surface area is 141 Å². The molecule has 1 aromatic heterocycles. The second kappa shape index (κ2) is 7.99. The molecule has 3 rings (SSSR count). The number of aromatic nitrogens is 1. The van der Waals surface area contributed by atoms with Gasteiger partial charge in [0.2, 0.25) is 0 Å². The lowest BCUT2D eigenvalue weighted by Crippen LogP contribution is -2.27. The molecule has 0 saturated carbocycles. The fourth-order valence-corrected chi connectivity index (χ4v) is 2.73. The van der Waals surface area contributed by atoms with Gasteiger partial charge in [0.05, 0.1) is 17.8 Å². The summed E-state index contributed by atoms with van der Waals surface area (Å²) in [4.78, 5) is 6.86. The molecular formula is C20H21FN2O. The summed E-state index contributed by atoms with van der Waals surface area (Å²) in [5.74, 6) is -0.175. The first-order valence-electron chi connectivity index (χ1n) is 8.05. The molecule has 0 aliphatic rings. The molecule has 0 atom stereocenters. The number of para-hydroxylation sites is 1. The van der Waals surface area contributed by atoms with E-state index in [1.165, 1.54) is 6.07 Å². The van der Waals surface area contributed by atoms with Gasteiger partial charge in [0.15, 0.2) is 0 Å². The highest BCUT2D eigenvalue weighted by atomic mass is 19.1. The molecule has 4 heteroatoms. The van der Waals surface area contributed by atoms with Crippen LogP contribution in [-0.2, 0) is 17.8 Å². The third-order valence-electron chi connectivity index (χ3n) is 4.01. The topological polar surface area (TPSA) is 25.4 Å². The predicted molar refractivity (Wildman–Crippen MR) is 94.1 cm³/mol. The number of hydrogen-bond acceptors (Lipinski definition) is 3. The molecule has 24 heavy (non-hydrogen) atoms. The standard InChI is InChI=1S/C20H21FN2O/c1-24-13-12-23(14-17-7-2-4-8-19(17)21)15-18-11-10-16-6-3-5-9-20(16)22-18/h2-11H,12-15H2,1H3. The lowest BCUT2D eigenvalue weighted by molar-refractivity contribution is 0.138. The Morgan fingerprint density at radius 3 is 2.58 bits per heavy atom. The second-order valence-electron chi connectivity index (χ2n) is 5.79. The Morgan fingerprint density at radius 2 is 1.75 bits per heavy atom. The van der Waals surface area contributed by atoms with E-state index in [0.29, 0.717) is 25.3 Å². The van der Waals surface area contributed by atoms with Gasteiger partial charge in [-0.05, 0) is 18.2 Å². The Hall–Kier alpha value is -2.30. The van der Waals surface area contributed by atoms with Crippen molar-refractivity contribution in [2.75, 3.05) is 20.3 Å². The highest BCUT2D eigenvalue weighted by molar-refractivity contribution is 5.78. The average molecular weight is 324 g/mol. The maximum Gasteiger partial charge on any atom is 0.127 e. The average Bonchev–Trinajstić information content (AvgIpc) is 2.61. The van der Waals surface area contributed by atoms with Gasteiger partial charge in [-0.3, -0.25) is 9.88 Å². The smallest absolute Gasteiger partial charge is 0.127 e. The zero-order valence-electron chi connectivity index (χ0n) is 13.8. The van der Waals surface area contributed by atoms with Gasteiger partial charge >= 0.3 is 0 Å². The SMILES string of the molecule is COCCN(Cc1ccc2ccccc2n1)Cc1ccccc1F. The number of methoxy groups -OCH3 is 1. The Kier molecular flexibility index (Phi) is 5.51. The molecule has 2 aromatic carbocycles. The van der Waals surface area contributed by atoms with Crippen molar-refractivity contribution in [3.63, 3.8) is 0 Å². The van der Waals surface area contributed by atoms with E-state index in [4.69, 9.17) is 9.72 Å². The first-order chi connectivity index (χ1) is 11.8. The normalized spacial score (nSPS) is 11.3. The summed E-state index contributed by atoms with van der Waals surface area (Å²) in [6, 6.07) is 19.1. The molecule has 0 spiro atoms. The molecule has 0 unspecified atom stereocenters. The van der Waals surface area contributed by atoms with Crippen molar-refractivity contribution >= 4 is 10.9 Å². The molecular weight excluding hydrogens is 303 g/mol. The number of benzene rings is 2. The lowest BCUT2D eigenvalue weighted by atomic mass is 10.1. The van der Waals surface area contributed by atoms with E-state index < -0.39 is 0 Å². The fourth-order valence-electron chi connectivity index (χ4n) is 2.73. The van der Waals surface area contributed by atoms with Gasteiger partial charge in [0.25, 0.3) is 0 Å². The first-order valence-corrected chi connectivity index (χ1v) is 8.05. The van der Waals surface area contributed by atoms with Crippen LogP contribution in [0.3, 0.4) is 0 Å². The van der Waals surface area contributed by atoms with Crippen molar-refractivity contribution in [2.45, 2.75) is 13.1 Å². The molecule has 0 amide bonds. The van der Waals surface area contributed by atoms with Crippen LogP contribution in [0.4, 0.5) is 4.39 Å². The molecule has 0 N–H and O–H groups in total. The van der Waals surface area contributed by atoms with Crippen molar-refractivity contribution in [1.29, 1.82) is 0 Å². The van der Waals surface area contributed by atoms with Crippen LogP contribution in [0, 0.1) is 5.82 Å². The van der Waals surface area contributed by atoms with Crippen LogP contribution in [0.1, 0.15) is 11.3 Å². The Bertz CT molecular complexity index is 806. The van der Waals surface area contributed by atoms with E-state index in [9.17, 15) is 4.39 Å². The monoisotopic (exact) mass is 324 g/mol. The van der Waals surface area contributed by atoms with Crippen LogP contribution in [0.5, 0.6) is 0 Å². The van der Waals surface area contributed by atoms with Crippen molar-refractivity contribution in [1.82, 2.24) is 9.88 Å². The van der Waals surface area contributed by atoms with Gasteiger partial charge in [-0.1, -0.05) is 42.5 Å². The highest BCUT2D eigenvalue weighted by Gasteiger charge is 2.11. The minimum atomic E-state index is -0.175. The van der Waals surface area contributed by atoms with Gasteiger partial charge in [0.1, 0.15) is 5.82 Å². The first kappa shape index (κ1) is 16.6. The molecule has 124 valence electrons. The van der Waals surface area contributed by atoms with Crippen LogP contribution < -0.4 is 0 Å². The molecule has 0 fully saturated rings. The maximum absolute atomic E-state index is 13.9. The lowest BCUT2D eigenvalue weighted by Gasteiger charge is -2.22. The van der Waals surface area contributed by atoms with E-state index in [0.717, 1.165) is 23.1 Å². The summed E-state index contributed by atoms with van der Waals surface area (Å²) in [6.07, 6.45) is 0. The zero-order chi connectivity index (χ0) is 16.8. The third-order valence-corrected chi connectivity index (χ3v) is 4.01. The van der Waals surface area contributed by atoms with Crippen LogP contribution in [-0.4, -0.2) is 30.1 Å². The van der Waals surface area contributed by atoms with E-state index in [1.807, 2.05) is 42.5 Å². The van der Waals surface area contributed by atoms with Crippen LogP contribution in [0.25, 0.3) is 10.9 Å².